The summed E-state index contributed by atoms with van der Waals surface area (Å²) >= 11 is 0. The highest BCUT2D eigenvalue weighted by molar-refractivity contribution is 5.91. The normalized spacial score (nSPS) is 10.3. The first-order valence-corrected chi connectivity index (χ1v) is 7.97. The van der Waals surface area contributed by atoms with Crippen molar-refractivity contribution in [2.75, 3.05) is 10.2 Å². The van der Waals surface area contributed by atoms with Crippen molar-refractivity contribution in [1.82, 2.24) is 0 Å². The molecule has 0 aromatic heterocycles. The fourth-order valence-corrected chi connectivity index (χ4v) is 2.24. The number of hydrogen-bond acceptors (Lipinski definition) is 3. The second-order valence-corrected chi connectivity index (χ2v) is 5.60. The van der Waals surface area contributed by atoms with Crippen molar-refractivity contribution >= 4 is 23.4 Å². The molecule has 2 aromatic carbocycles. The van der Waals surface area contributed by atoms with Crippen LogP contribution in [0.2, 0.25) is 0 Å². The van der Waals surface area contributed by atoms with Gasteiger partial charge in [0.2, 0.25) is 5.91 Å². The maximum Gasteiger partial charge on any atom is 0.419 e. The minimum Gasteiger partial charge on any atom is -0.410 e. The lowest BCUT2D eigenvalue weighted by atomic mass is 10.2. The van der Waals surface area contributed by atoms with Gasteiger partial charge in [0.05, 0.1) is 0 Å². The molecule has 2 rings (SSSR count). The summed E-state index contributed by atoms with van der Waals surface area (Å²) in [6.45, 7) is 5.62. The molecule has 0 bridgehead atoms. The van der Waals surface area contributed by atoms with E-state index in [0.29, 0.717) is 17.9 Å². The Labute approximate surface area is 142 Å². The molecule has 126 valence electrons. The molecule has 24 heavy (non-hydrogen) atoms. The minimum atomic E-state index is -0.463. The summed E-state index contributed by atoms with van der Waals surface area (Å²) < 4.78 is 5.48. The first-order valence-electron chi connectivity index (χ1n) is 7.97. The second kappa shape index (κ2) is 8.15. The van der Waals surface area contributed by atoms with Gasteiger partial charge in [-0.2, -0.15) is 0 Å². The van der Waals surface area contributed by atoms with E-state index in [1.54, 1.807) is 36.1 Å². The van der Waals surface area contributed by atoms with E-state index in [4.69, 9.17) is 4.74 Å². The number of rotatable bonds is 5. The van der Waals surface area contributed by atoms with Crippen molar-refractivity contribution in [3.63, 3.8) is 0 Å². The van der Waals surface area contributed by atoms with Gasteiger partial charge in [0.25, 0.3) is 0 Å². The number of anilines is 2. The van der Waals surface area contributed by atoms with E-state index < -0.39 is 6.09 Å². The van der Waals surface area contributed by atoms with Crippen molar-refractivity contribution in [2.45, 2.75) is 33.2 Å². The van der Waals surface area contributed by atoms with E-state index in [2.05, 4.69) is 5.32 Å². The van der Waals surface area contributed by atoms with Crippen LogP contribution in [0.1, 0.15) is 27.2 Å². The molecule has 0 saturated carbocycles. The zero-order valence-electron chi connectivity index (χ0n) is 14.2. The number of nitrogens with zero attached hydrogens (tertiary/aromatic N) is 1. The molecular weight excluding hydrogens is 304 g/mol. The number of amides is 2. The maximum atomic E-state index is 12.6. The fraction of sp³-hybridized carbons (Fsp3) is 0.263. The van der Waals surface area contributed by atoms with Gasteiger partial charge in [0, 0.05) is 29.9 Å². The molecule has 0 radical (unpaired) electrons. The second-order valence-electron chi connectivity index (χ2n) is 5.60. The minimum absolute atomic E-state index is 0.0529. The number of ether oxygens (including phenoxy) is 1. The van der Waals surface area contributed by atoms with Crippen molar-refractivity contribution in [3.05, 3.63) is 54.6 Å². The van der Waals surface area contributed by atoms with E-state index in [-0.39, 0.29) is 11.9 Å². The van der Waals surface area contributed by atoms with Gasteiger partial charge in [-0.05, 0) is 38.1 Å². The molecule has 0 aliphatic carbocycles. The zero-order chi connectivity index (χ0) is 17.5. The monoisotopic (exact) mass is 326 g/mol. The number of benzene rings is 2. The first-order chi connectivity index (χ1) is 11.5. The van der Waals surface area contributed by atoms with Gasteiger partial charge in [-0.15, -0.1) is 0 Å². The van der Waals surface area contributed by atoms with Gasteiger partial charge in [-0.1, -0.05) is 31.2 Å². The first kappa shape index (κ1) is 17.5. The molecule has 2 amide bonds. The van der Waals surface area contributed by atoms with Gasteiger partial charge >= 0.3 is 6.09 Å². The summed E-state index contributed by atoms with van der Waals surface area (Å²) in [7, 11) is 0. The van der Waals surface area contributed by atoms with Crippen LogP contribution in [-0.2, 0) is 4.79 Å². The van der Waals surface area contributed by atoms with Crippen molar-refractivity contribution in [3.8, 4) is 5.75 Å². The van der Waals surface area contributed by atoms with Gasteiger partial charge in [-0.25, -0.2) is 4.79 Å². The summed E-state index contributed by atoms with van der Waals surface area (Å²) in [4.78, 5) is 25.6. The molecule has 0 spiro atoms. The van der Waals surface area contributed by atoms with Crippen LogP contribution in [0.3, 0.4) is 0 Å². The highest BCUT2D eigenvalue weighted by atomic mass is 16.6. The van der Waals surface area contributed by atoms with E-state index >= 15 is 0 Å². The Morgan fingerprint density at radius 1 is 1.08 bits per heavy atom. The van der Waals surface area contributed by atoms with Crippen LogP contribution < -0.4 is 15.0 Å². The number of carbonyl (C=O) groups is 2. The standard InChI is InChI=1S/C19H22N2O3/c1-4-18(22)20-15-9-8-12-17(13-15)24-19(23)21(14(2)3)16-10-6-5-7-11-16/h5-14H,4H2,1-3H3,(H,20,22). The fourth-order valence-electron chi connectivity index (χ4n) is 2.24. The van der Waals surface area contributed by atoms with Crippen molar-refractivity contribution in [1.29, 1.82) is 0 Å². The average molecular weight is 326 g/mol. The molecule has 0 heterocycles. The lowest BCUT2D eigenvalue weighted by molar-refractivity contribution is -0.115. The molecular formula is C19H22N2O3. The third kappa shape index (κ3) is 4.59. The summed E-state index contributed by atoms with van der Waals surface area (Å²) in [6, 6.07) is 16.1. The molecule has 0 unspecified atom stereocenters. The van der Waals surface area contributed by atoms with Crippen LogP contribution in [0, 0.1) is 0 Å². The van der Waals surface area contributed by atoms with Crippen LogP contribution >= 0.6 is 0 Å². The number of carbonyl (C=O) groups excluding carboxylic acids is 2. The Bertz CT molecular complexity index is 699. The SMILES string of the molecule is CCC(=O)Nc1cccc(OC(=O)N(c2ccccc2)C(C)C)c1. The summed E-state index contributed by atoms with van der Waals surface area (Å²) in [5.41, 5.74) is 1.37. The molecule has 2 aromatic rings. The van der Waals surface area contributed by atoms with Crippen LogP contribution in [-0.4, -0.2) is 18.0 Å². The molecule has 0 atom stereocenters. The van der Waals surface area contributed by atoms with Crippen molar-refractivity contribution in [2.24, 2.45) is 0 Å². The third-order valence-electron chi connectivity index (χ3n) is 3.39. The smallest absolute Gasteiger partial charge is 0.410 e. The van der Waals surface area contributed by atoms with Gasteiger partial charge in [0.15, 0.2) is 0 Å². The molecule has 0 aliphatic heterocycles. The van der Waals surface area contributed by atoms with Crippen LogP contribution in [0.4, 0.5) is 16.2 Å². The Hall–Kier alpha value is -2.82. The predicted octanol–water partition coefficient (Wildman–Crippen LogP) is 4.45. The lowest BCUT2D eigenvalue weighted by Crippen LogP contribution is -2.39. The lowest BCUT2D eigenvalue weighted by Gasteiger charge is -2.25. The van der Waals surface area contributed by atoms with E-state index in [1.165, 1.54) is 0 Å². The van der Waals surface area contributed by atoms with Crippen LogP contribution in [0.5, 0.6) is 5.75 Å². The average Bonchev–Trinajstić information content (AvgIpc) is 2.55. The Morgan fingerprint density at radius 3 is 2.42 bits per heavy atom. The summed E-state index contributed by atoms with van der Waals surface area (Å²) in [6.07, 6.45) is -0.0748. The summed E-state index contributed by atoms with van der Waals surface area (Å²) in [5, 5.41) is 2.75. The maximum absolute atomic E-state index is 12.6. The molecule has 1 N–H and O–H groups in total. The Kier molecular flexibility index (Phi) is 5.95. The van der Waals surface area contributed by atoms with E-state index in [0.717, 1.165) is 5.69 Å². The zero-order valence-corrected chi connectivity index (χ0v) is 14.2. The Balaban J connectivity index is 2.15. The highest BCUT2D eigenvalue weighted by Gasteiger charge is 2.21. The molecule has 0 aliphatic rings. The number of para-hydroxylation sites is 1. The quantitative estimate of drug-likeness (QED) is 0.883. The summed E-state index contributed by atoms with van der Waals surface area (Å²) in [5.74, 6) is 0.294. The van der Waals surface area contributed by atoms with Gasteiger partial charge in [0.1, 0.15) is 5.75 Å². The van der Waals surface area contributed by atoms with Gasteiger partial charge < -0.3 is 10.1 Å². The Morgan fingerprint density at radius 2 is 1.79 bits per heavy atom. The number of nitrogens with one attached hydrogen (secondary N) is 1. The molecule has 0 saturated heterocycles. The molecule has 5 nitrogen and oxygen atoms in total. The van der Waals surface area contributed by atoms with Crippen molar-refractivity contribution < 1.29 is 14.3 Å². The molecule has 5 heteroatoms. The van der Waals surface area contributed by atoms with E-state index in [1.807, 2.05) is 44.2 Å². The van der Waals surface area contributed by atoms with Gasteiger partial charge in [-0.3, -0.25) is 9.69 Å². The molecule has 0 fully saturated rings. The third-order valence-corrected chi connectivity index (χ3v) is 3.39. The predicted molar refractivity (Wildman–Crippen MR) is 95.4 cm³/mol. The topological polar surface area (TPSA) is 58.6 Å². The highest BCUT2D eigenvalue weighted by Crippen LogP contribution is 2.22. The number of hydrogen-bond donors (Lipinski definition) is 1. The van der Waals surface area contributed by atoms with Crippen LogP contribution in [0.15, 0.2) is 54.6 Å². The largest absolute Gasteiger partial charge is 0.419 e. The van der Waals surface area contributed by atoms with Crippen LogP contribution in [0.25, 0.3) is 0 Å². The van der Waals surface area contributed by atoms with E-state index in [9.17, 15) is 9.59 Å².